The van der Waals surface area contributed by atoms with E-state index in [4.69, 9.17) is 0 Å². The van der Waals surface area contributed by atoms with E-state index in [1.165, 1.54) is 12.1 Å². The van der Waals surface area contributed by atoms with Crippen LogP contribution in [0.25, 0.3) is 0 Å². The molecule has 4 nitrogen and oxygen atoms in total. The van der Waals surface area contributed by atoms with Crippen molar-refractivity contribution in [1.29, 1.82) is 0 Å². The monoisotopic (exact) mass is 318 g/mol. The first-order chi connectivity index (χ1) is 10.3. The molecule has 1 rings (SSSR count). The second kappa shape index (κ2) is 8.63. The van der Waals surface area contributed by atoms with Gasteiger partial charge in [-0.1, -0.05) is 12.1 Å². The summed E-state index contributed by atoms with van der Waals surface area (Å²) < 4.78 is 40.8. The van der Waals surface area contributed by atoms with Gasteiger partial charge in [-0.2, -0.15) is 13.2 Å². The number of hydrogen-bond acceptors (Lipinski definition) is 3. The lowest BCUT2D eigenvalue weighted by atomic mass is 10.1. The van der Waals surface area contributed by atoms with Gasteiger partial charge in [-0.3, -0.25) is 4.79 Å². The standard InChI is InChI=1S/C15H21F3N2O2/c1-11(20-14(21)4-3-9-19-2)12-5-7-13(8-6-12)22-10-15(16,17)18/h5-8,11,19H,3-4,9-10H2,1-2H3,(H,20,21). The van der Waals surface area contributed by atoms with Crippen LogP contribution in [-0.4, -0.2) is 32.3 Å². The van der Waals surface area contributed by atoms with Crippen molar-refractivity contribution < 1.29 is 22.7 Å². The van der Waals surface area contributed by atoms with E-state index in [2.05, 4.69) is 15.4 Å². The lowest BCUT2D eigenvalue weighted by molar-refractivity contribution is -0.153. The van der Waals surface area contributed by atoms with Gasteiger partial charge in [0.05, 0.1) is 6.04 Å². The van der Waals surface area contributed by atoms with Crippen LogP contribution < -0.4 is 15.4 Å². The molecule has 0 aliphatic heterocycles. The third kappa shape index (κ3) is 7.31. The Labute approximate surface area is 128 Å². The first kappa shape index (κ1) is 18.3. The number of amides is 1. The molecule has 1 unspecified atom stereocenters. The van der Waals surface area contributed by atoms with Crippen LogP contribution in [0.3, 0.4) is 0 Å². The highest BCUT2D eigenvalue weighted by Gasteiger charge is 2.28. The quantitative estimate of drug-likeness (QED) is 0.725. The SMILES string of the molecule is CNCCCC(=O)NC(C)c1ccc(OCC(F)(F)F)cc1. The summed E-state index contributed by atoms with van der Waals surface area (Å²) in [5, 5.41) is 5.81. The van der Waals surface area contributed by atoms with E-state index >= 15 is 0 Å². The average Bonchev–Trinajstić information content (AvgIpc) is 2.45. The van der Waals surface area contributed by atoms with Crippen molar-refractivity contribution in [3.05, 3.63) is 29.8 Å². The minimum Gasteiger partial charge on any atom is -0.484 e. The van der Waals surface area contributed by atoms with Crippen molar-refractivity contribution in [2.75, 3.05) is 20.2 Å². The average molecular weight is 318 g/mol. The molecule has 0 aromatic heterocycles. The van der Waals surface area contributed by atoms with Crippen LogP contribution in [0.5, 0.6) is 5.75 Å². The van der Waals surface area contributed by atoms with E-state index in [9.17, 15) is 18.0 Å². The highest BCUT2D eigenvalue weighted by Crippen LogP contribution is 2.21. The molecule has 1 amide bonds. The van der Waals surface area contributed by atoms with E-state index in [0.717, 1.165) is 18.5 Å². The molecule has 124 valence electrons. The Hall–Kier alpha value is -1.76. The van der Waals surface area contributed by atoms with E-state index < -0.39 is 12.8 Å². The fourth-order valence-corrected chi connectivity index (χ4v) is 1.84. The molecule has 22 heavy (non-hydrogen) atoms. The van der Waals surface area contributed by atoms with Crippen molar-refractivity contribution in [3.8, 4) is 5.75 Å². The Morgan fingerprint density at radius 3 is 2.45 bits per heavy atom. The Morgan fingerprint density at radius 1 is 1.27 bits per heavy atom. The molecular weight excluding hydrogens is 297 g/mol. The van der Waals surface area contributed by atoms with Crippen LogP contribution in [0.2, 0.25) is 0 Å². The highest BCUT2D eigenvalue weighted by molar-refractivity contribution is 5.76. The number of benzene rings is 1. The Bertz CT molecular complexity index is 461. The first-order valence-electron chi connectivity index (χ1n) is 7.05. The third-order valence-electron chi connectivity index (χ3n) is 2.99. The molecule has 1 atom stereocenters. The second-order valence-electron chi connectivity index (χ2n) is 4.97. The van der Waals surface area contributed by atoms with Gasteiger partial charge in [0, 0.05) is 6.42 Å². The number of nitrogens with one attached hydrogen (secondary N) is 2. The zero-order chi connectivity index (χ0) is 16.6. The maximum absolute atomic E-state index is 12.0. The molecule has 0 aliphatic carbocycles. The van der Waals surface area contributed by atoms with Gasteiger partial charge in [-0.05, 0) is 44.6 Å². The van der Waals surface area contributed by atoms with Gasteiger partial charge >= 0.3 is 6.18 Å². The van der Waals surface area contributed by atoms with Crippen LogP contribution >= 0.6 is 0 Å². The molecule has 0 heterocycles. The summed E-state index contributed by atoms with van der Waals surface area (Å²) in [4.78, 5) is 11.7. The molecule has 0 saturated carbocycles. The van der Waals surface area contributed by atoms with Crippen molar-refractivity contribution in [3.63, 3.8) is 0 Å². The Balaban J connectivity index is 2.46. The predicted molar refractivity (Wildman–Crippen MR) is 77.7 cm³/mol. The lowest BCUT2D eigenvalue weighted by Crippen LogP contribution is -2.27. The molecule has 1 aromatic rings. The minimum atomic E-state index is -4.35. The molecule has 0 bridgehead atoms. The fraction of sp³-hybridized carbons (Fsp3) is 0.533. The van der Waals surface area contributed by atoms with E-state index in [1.807, 2.05) is 14.0 Å². The summed E-state index contributed by atoms with van der Waals surface area (Å²) in [5.41, 5.74) is 0.807. The van der Waals surface area contributed by atoms with Gasteiger partial charge in [0.1, 0.15) is 5.75 Å². The topological polar surface area (TPSA) is 50.4 Å². The zero-order valence-electron chi connectivity index (χ0n) is 12.7. The maximum Gasteiger partial charge on any atom is 0.422 e. The fourth-order valence-electron chi connectivity index (χ4n) is 1.84. The molecule has 0 spiro atoms. The van der Waals surface area contributed by atoms with Gasteiger partial charge in [-0.15, -0.1) is 0 Å². The smallest absolute Gasteiger partial charge is 0.422 e. The van der Waals surface area contributed by atoms with Crippen LogP contribution in [0, 0.1) is 0 Å². The largest absolute Gasteiger partial charge is 0.484 e. The summed E-state index contributed by atoms with van der Waals surface area (Å²) in [5.74, 6) is 0.0915. The molecule has 1 aromatic carbocycles. The molecular formula is C15H21F3N2O2. The second-order valence-corrected chi connectivity index (χ2v) is 4.97. The summed E-state index contributed by atoms with van der Waals surface area (Å²) in [7, 11) is 1.82. The van der Waals surface area contributed by atoms with Gasteiger partial charge in [0.25, 0.3) is 0 Å². The molecule has 0 radical (unpaired) electrons. The Morgan fingerprint density at radius 2 is 1.91 bits per heavy atom. The summed E-state index contributed by atoms with van der Waals surface area (Å²) in [6.07, 6.45) is -3.18. The number of halogens is 3. The van der Waals surface area contributed by atoms with Gasteiger partial charge < -0.3 is 15.4 Å². The number of carbonyl (C=O) groups excluding carboxylic acids is 1. The third-order valence-corrected chi connectivity index (χ3v) is 2.99. The van der Waals surface area contributed by atoms with E-state index in [1.54, 1.807) is 12.1 Å². The van der Waals surface area contributed by atoms with Crippen LogP contribution in [0.15, 0.2) is 24.3 Å². The number of rotatable bonds is 8. The van der Waals surface area contributed by atoms with Crippen molar-refractivity contribution in [2.24, 2.45) is 0 Å². The minimum absolute atomic E-state index is 0.0554. The summed E-state index contributed by atoms with van der Waals surface area (Å²) in [6, 6.07) is 6.00. The number of hydrogen-bond donors (Lipinski definition) is 2. The van der Waals surface area contributed by atoms with Crippen molar-refractivity contribution in [2.45, 2.75) is 32.0 Å². The predicted octanol–water partition coefficient (Wildman–Crippen LogP) is 2.80. The van der Waals surface area contributed by atoms with E-state index in [-0.39, 0.29) is 17.7 Å². The number of carbonyl (C=O) groups is 1. The molecule has 0 saturated heterocycles. The molecule has 0 aliphatic rings. The number of alkyl halides is 3. The molecule has 2 N–H and O–H groups in total. The summed E-state index contributed by atoms with van der Waals surface area (Å²) >= 11 is 0. The van der Waals surface area contributed by atoms with E-state index in [0.29, 0.717) is 6.42 Å². The lowest BCUT2D eigenvalue weighted by Gasteiger charge is -2.15. The highest BCUT2D eigenvalue weighted by atomic mass is 19.4. The van der Waals surface area contributed by atoms with Gasteiger partial charge in [0.15, 0.2) is 6.61 Å². The van der Waals surface area contributed by atoms with Gasteiger partial charge in [0.2, 0.25) is 5.91 Å². The number of ether oxygens (including phenoxy) is 1. The van der Waals surface area contributed by atoms with Crippen molar-refractivity contribution >= 4 is 5.91 Å². The first-order valence-corrected chi connectivity index (χ1v) is 7.05. The van der Waals surface area contributed by atoms with Crippen LogP contribution in [0.4, 0.5) is 13.2 Å². The van der Waals surface area contributed by atoms with Gasteiger partial charge in [-0.25, -0.2) is 0 Å². The normalized spacial score (nSPS) is 12.8. The maximum atomic E-state index is 12.0. The summed E-state index contributed by atoms with van der Waals surface area (Å²) in [6.45, 7) is 1.28. The zero-order valence-corrected chi connectivity index (χ0v) is 12.7. The van der Waals surface area contributed by atoms with Crippen LogP contribution in [-0.2, 0) is 4.79 Å². The Kier molecular flexibility index (Phi) is 7.17. The molecule has 7 heteroatoms. The molecule has 0 fully saturated rings. The van der Waals surface area contributed by atoms with Crippen LogP contribution in [0.1, 0.15) is 31.4 Å². The van der Waals surface area contributed by atoms with Crippen molar-refractivity contribution in [1.82, 2.24) is 10.6 Å².